The van der Waals surface area contributed by atoms with E-state index in [-0.39, 0.29) is 0 Å². The van der Waals surface area contributed by atoms with Gasteiger partial charge in [0, 0.05) is 32.7 Å². The molecule has 0 saturated carbocycles. The number of nitrogens with zero attached hydrogens (tertiary/aromatic N) is 2. The number of hydrogen-bond donors (Lipinski definition) is 1. The Morgan fingerprint density at radius 3 is 2.38 bits per heavy atom. The molecule has 1 aliphatic rings. The fraction of sp³-hybridized carbons (Fsp3) is 0.529. The minimum absolute atomic E-state index is 0.397. The maximum atomic E-state index is 12.1. The summed E-state index contributed by atoms with van der Waals surface area (Å²) in [6.07, 6.45) is 0.613. The lowest BCUT2D eigenvalue weighted by Gasteiger charge is -2.31. The van der Waals surface area contributed by atoms with Gasteiger partial charge in [0.1, 0.15) is 0 Å². The average molecular weight is 335 g/mol. The third-order valence-corrected chi connectivity index (χ3v) is 4.13. The van der Waals surface area contributed by atoms with E-state index in [1.54, 1.807) is 19.1 Å². The number of piperazine rings is 1. The molecule has 1 N–H and O–H groups in total. The number of nitrogens with one attached hydrogen (secondary N) is 1. The maximum Gasteiger partial charge on any atom is 0.311 e. The number of likely N-dealkylation sites (N-methyl/N-ethyl adjacent to an activating group) is 1. The second kappa shape index (κ2) is 8.54. The second-order valence-corrected chi connectivity index (χ2v) is 5.79. The zero-order valence-corrected chi connectivity index (χ0v) is 14.5. The van der Waals surface area contributed by atoms with Gasteiger partial charge in [-0.05, 0) is 31.2 Å². The predicted molar refractivity (Wildman–Crippen MR) is 90.3 cm³/mol. The molecule has 2 rings (SSSR count). The van der Waals surface area contributed by atoms with Gasteiger partial charge in [0.2, 0.25) is 0 Å². The number of benzene rings is 1. The number of rotatable bonds is 5. The third-order valence-electron chi connectivity index (χ3n) is 4.13. The van der Waals surface area contributed by atoms with Crippen molar-refractivity contribution in [3.63, 3.8) is 0 Å². The third kappa shape index (κ3) is 4.61. The van der Waals surface area contributed by atoms with Crippen LogP contribution in [0.25, 0.3) is 0 Å². The van der Waals surface area contributed by atoms with Crippen molar-refractivity contribution in [3.05, 3.63) is 23.8 Å². The predicted octanol–water partition coefficient (Wildman–Crippen LogP) is 0.137. The number of carbonyl (C=O) groups excluding carboxylic acids is 2. The van der Waals surface area contributed by atoms with Crippen molar-refractivity contribution in [3.8, 4) is 11.5 Å². The van der Waals surface area contributed by atoms with Crippen LogP contribution in [0.5, 0.6) is 11.5 Å². The van der Waals surface area contributed by atoms with Crippen molar-refractivity contribution < 1.29 is 19.1 Å². The molecule has 0 aliphatic carbocycles. The van der Waals surface area contributed by atoms with E-state index in [0.717, 1.165) is 18.7 Å². The maximum absolute atomic E-state index is 12.1. The van der Waals surface area contributed by atoms with E-state index in [1.807, 2.05) is 25.2 Å². The van der Waals surface area contributed by atoms with Crippen LogP contribution in [0.3, 0.4) is 0 Å². The lowest BCUT2D eigenvalue weighted by atomic mass is 10.1. The van der Waals surface area contributed by atoms with Crippen LogP contribution in [0.2, 0.25) is 0 Å². The molecular weight excluding hydrogens is 310 g/mol. The SMILES string of the molecule is COc1ccc(CCNC(=O)C(=O)N2CCN(C)CC2)cc1OC. The van der Waals surface area contributed by atoms with E-state index < -0.39 is 11.8 Å². The van der Waals surface area contributed by atoms with Crippen LogP contribution >= 0.6 is 0 Å². The van der Waals surface area contributed by atoms with Crippen molar-refractivity contribution in [2.75, 3.05) is 54.0 Å². The first-order chi connectivity index (χ1) is 11.5. The molecule has 1 aromatic rings. The van der Waals surface area contributed by atoms with Gasteiger partial charge >= 0.3 is 11.8 Å². The fourth-order valence-corrected chi connectivity index (χ4v) is 2.59. The Morgan fingerprint density at radius 2 is 1.75 bits per heavy atom. The number of hydrogen-bond acceptors (Lipinski definition) is 5. The van der Waals surface area contributed by atoms with Crippen molar-refractivity contribution in [2.24, 2.45) is 0 Å². The molecule has 1 aliphatic heterocycles. The Morgan fingerprint density at radius 1 is 1.08 bits per heavy atom. The molecule has 0 spiro atoms. The molecule has 1 saturated heterocycles. The largest absolute Gasteiger partial charge is 0.493 e. The summed E-state index contributed by atoms with van der Waals surface area (Å²) in [6.45, 7) is 3.18. The Bertz CT molecular complexity index is 583. The molecule has 0 radical (unpaired) electrons. The first-order valence-corrected chi connectivity index (χ1v) is 8.01. The fourth-order valence-electron chi connectivity index (χ4n) is 2.59. The summed E-state index contributed by atoms with van der Waals surface area (Å²) < 4.78 is 10.4. The molecule has 1 heterocycles. The summed E-state index contributed by atoms with van der Waals surface area (Å²) >= 11 is 0. The second-order valence-electron chi connectivity index (χ2n) is 5.79. The van der Waals surface area contributed by atoms with E-state index in [1.165, 1.54) is 0 Å². The van der Waals surface area contributed by atoms with Gasteiger partial charge in [-0.25, -0.2) is 0 Å². The topological polar surface area (TPSA) is 71.1 Å². The highest BCUT2D eigenvalue weighted by atomic mass is 16.5. The smallest absolute Gasteiger partial charge is 0.311 e. The van der Waals surface area contributed by atoms with Gasteiger partial charge in [0.25, 0.3) is 0 Å². The minimum atomic E-state index is -0.542. The summed E-state index contributed by atoms with van der Waals surface area (Å²) in [4.78, 5) is 27.8. The first kappa shape index (κ1) is 18.1. The number of amides is 2. The normalized spacial score (nSPS) is 15.0. The van der Waals surface area contributed by atoms with Crippen molar-refractivity contribution >= 4 is 11.8 Å². The van der Waals surface area contributed by atoms with Crippen LogP contribution in [0.15, 0.2) is 18.2 Å². The van der Waals surface area contributed by atoms with Crippen LogP contribution in [0.1, 0.15) is 5.56 Å². The molecule has 0 aromatic heterocycles. The molecule has 24 heavy (non-hydrogen) atoms. The zero-order chi connectivity index (χ0) is 17.5. The lowest BCUT2D eigenvalue weighted by molar-refractivity contribution is -0.146. The van der Waals surface area contributed by atoms with Crippen molar-refractivity contribution in [1.82, 2.24) is 15.1 Å². The Labute approximate surface area is 142 Å². The monoisotopic (exact) mass is 335 g/mol. The molecule has 0 unspecified atom stereocenters. The standard InChI is InChI=1S/C17H25N3O4/c1-19-8-10-20(11-9-19)17(22)16(21)18-7-6-13-4-5-14(23-2)15(12-13)24-3/h4-5,12H,6-11H2,1-3H3,(H,18,21). The van der Waals surface area contributed by atoms with Crippen LogP contribution in [0, 0.1) is 0 Å². The van der Waals surface area contributed by atoms with Gasteiger partial charge in [-0.15, -0.1) is 0 Å². The van der Waals surface area contributed by atoms with E-state index >= 15 is 0 Å². The summed E-state index contributed by atoms with van der Waals surface area (Å²) in [6, 6.07) is 5.61. The summed E-state index contributed by atoms with van der Waals surface area (Å²) in [5, 5.41) is 2.69. The van der Waals surface area contributed by atoms with Crippen LogP contribution < -0.4 is 14.8 Å². The highest BCUT2D eigenvalue weighted by Crippen LogP contribution is 2.27. The van der Waals surface area contributed by atoms with Crippen LogP contribution in [-0.4, -0.2) is 75.6 Å². The Balaban J connectivity index is 1.81. The highest BCUT2D eigenvalue weighted by Gasteiger charge is 2.24. The summed E-state index contributed by atoms with van der Waals surface area (Å²) in [5.74, 6) is 0.320. The van der Waals surface area contributed by atoms with Gasteiger partial charge in [-0.3, -0.25) is 9.59 Å². The zero-order valence-electron chi connectivity index (χ0n) is 14.5. The molecule has 0 atom stereocenters. The molecule has 132 valence electrons. The van der Waals surface area contributed by atoms with E-state index in [4.69, 9.17) is 9.47 Å². The highest BCUT2D eigenvalue weighted by molar-refractivity contribution is 6.35. The molecule has 7 heteroatoms. The molecule has 2 amide bonds. The number of carbonyl (C=O) groups is 2. The average Bonchev–Trinajstić information content (AvgIpc) is 2.61. The van der Waals surface area contributed by atoms with E-state index in [0.29, 0.717) is 37.6 Å². The van der Waals surface area contributed by atoms with E-state index in [9.17, 15) is 9.59 Å². The van der Waals surface area contributed by atoms with Crippen molar-refractivity contribution in [1.29, 1.82) is 0 Å². The van der Waals surface area contributed by atoms with Gasteiger partial charge < -0.3 is 24.6 Å². The quantitative estimate of drug-likeness (QED) is 0.775. The lowest BCUT2D eigenvalue weighted by Crippen LogP contribution is -2.51. The first-order valence-electron chi connectivity index (χ1n) is 8.01. The van der Waals surface area contributed by atoms with Gasteiger partial charge in [-0.2, -0.15) is 0 Å². The molecule has 0 bridgehead atoms. The minimum Gasteiger partial charge on any atom is -0.493 e. The van der Waals surface area contributed by atoms with Gasteiger partial charge in [0.15, 0.2) is 11.5 Å². The summed E-state index contributed by atoms with van der Waals surface area (Å²) in [5.41, 5.74) is 1.000. The number of ether oxygens (including phenoxy) is 2. The Hall–Kier alpha value is -2.28. The van der Waals surface area contributed by atoms with Crippen LogP contribution in [-0.2, 0) is 16.0 Å². The van der Waals surface area contributed by atoms with Crippen molar-refractivity contribution in [2.45, 2.75) is 6.42 Å². The Kier molecular flexibility index (Phi) is 6.43. The van der Waals surface area contributed by atoms with E-state index in [2.05, 4.69) is 10.2 Å². The number of methoxy groups -OCH3 is 2. The summed E-state index contributed by atoms with van der Waals surface area (Å²) in [7, 11) is 5.17. The van der Waals surface area contributed by atoms with Gasteiger partial charge in [0.05, 0.1) is 14.2 Å². The van der Waals surface area contributed by atoms with Gasteiger partial charge in [-0.1, -0.05) is 6.07 Å². The molecule has 1 aromatic carbocycles. The van der Waals surface area contributed by atoms with Crippen LogP contribution in [0.4, 0.5) is 0 Å². The molecular formula is C17H25N3O4. The molecule has 1 fully saturated rings. The molecule has 7 nitrogen and oxygen atoms in total.